The lowest BCUT2D eigenvalue weighted by molar-refractivity contribution is -0.139. The number of nitrogens with one attached hydrogen (secondary N) is 1. The van der Waals surface area contributed by atoms with Gasteiger partial charge in [0, 0.05) is 0 Å². The maximum atomic E-state index is 11.0. The van der Waals surface area contributed by atoms with Gasteiger partial charge in [-0.05, 0) is 30.2 Å². The molecule has 0 aliphatic heterocycles. The molecule has 0 aliphatic carbocycles. The van der Waals surface area contributed by atoms with Crippen LogP contribution in [0.5, 0.6) is 5.75 Å². The molecular formula is C14H22N2O3. The predicted molar refractivity (Wildman–Crippen MR) is 74.5 cm³/mol. The summed E-state index contributed by atoms with van der Waals surface area (Å²) in [5, 5.41) is 12.0. The zero-order valence-corrected chi connectivity index (χ0v) is 11.8. The van der Waals surface area contributed by atoms with Gasteiger partial charge in [-0.15, -0.1) is 0 Å². The van der Waals surface area contributed by atoms with Gasteiger partial charge in [0.05, 0.1) is 13.2 Å². The molecule has 0 aromatic heterocycles. The lowest BCUT2D eigenvalue weighted by Gasteiger charge is -2.22. The van der Waals surface area contributed by atoms with E-state index < -0.39 is 18.1 Å². The Bertz CT molecular complexity index is 446. The van der Waals surface area contributed by atoms with Gasteiger partial charge in [-0.25, -0.2) is 0 Å². The minimum absolute atomic E-state index is 0.286. The van der Waals surface area contributed by atoms with Gasteiger partial charge in [0.2, 0.25) is 0 Å². The van der Waals surface area contributed by atoms with Crippen molar-refractivity contribution in [1.82, 2.24) is 5.32 Å². The van der Waals surface area contributed by atoms with E-state index in [2.05, 4.69) is 19.2 Å². The number of nitrogens with two attached hydrogens (primary N) is 1. The Hall–Kier alpha value is -1.59. The SMILES string of the molecule is CNC(c1ccc(OC)c(C(C)C)c1)C(N)C(=O)O. The molecule has 0 spiro atoms. The molecule has 2 unspecified atom stereocenters. The number of hydrogen-bond acceptors (Lipinski definition) is 4. The third-order valence-corrected chi connectivity index (χ3v) is 3.19. The smallest absolute Gasteiger partial charge is 0.322 e. The number of carboxylic acids is 1. The molecule has 0 fully saturated rings. The molecule has 5 nitrogen and oxygen atoms in total. The molecule has 0 radical (unpaired) electrons. The molecular weight excluding hydrogens is 244 g/mol. The van der Waals surface area contributed by atoms with Crippen LogP contribution in [0.2, 0.25) is 0 Å². The zero-order valence-electron chi connectivity index (χ0n) is 11.8. The number of methoxy groups -OCH3 is 1. The summed E-state index contributed by atoms with van der Waals surface area (Å²) < 4.78 is 5.31. The van der Waals surface area contributed by atoms with Crippen molar-refractivity contribution >= 4 is 5.97 Å². The summed E-state index contributed by atoms with van der Waals surface area (Å²) in [5.41, 5.74) is 7.60. The highest BCUT2D eigenvalue weighted by Crippen LogP contribution is 2.30. The van der Waals surface area contributed by atoms with Crippen LogP contribution in [-0.4, -0.2) is 31.3 Å². The number of rotatable bonds is 6. The quantitative estimate of drug-likeness (QED) is 0.726. The topological polar surface area (TPSA) is 84.6 Å². The van der Waals surface area contributed by atoms with Crippen molar-refractivity contribution in [2.45, 2.75) is 31.8 Å². The molecule has 0 bridgehead atoms. The Balaban J connectivity index is 3.19. The summed E-state index contributed by atoms with van der Waals surface area (Å²) in [7, 11) is 3.33. The molecule has 1 rings (SSSR count). The number of carboxylic acid groups (broad SMARTS) is 1. The van der Waals surface area contributed by atoms with Crippen LogP contribution in [0.1, 0.15) is 36.9 Å². The molecule has 4 N–H and O–H groups in total. The standard InChI is InChI=1S/C14H22N2O3/c1-8(2)10-7-9(5-6-11(10)19-4)13(16-3)12(15)14(17)18/h5-8,12-13,16H,15H2,1-4H3,(H,17,18). The molecule has 0 aliphatic rings. The molecule has 0 heterocycles. The number of hydrogen-bond donors (Lipinski definition) is 3. The van der Waals surface area contributed by atoms with Gasteiger partial charge in [-0.3, -0.25) is 4.79 Å². The maximum absolute atomic E-state index is 11.0. The summed E-state index contributed by atoms with van der Waals surface area (Å²) in [6.45, 7) is 4.13. The van der Waals surface area contributed by atoms with Crippen molar-refractivity contribution in [2.75, 3.05) is 14.2 Å². The van der Waals surface area contributed by atoms with Gasteiger partial charge in [-0.2, -0.15) is 0 Å². The predicted octanol–water partition coefficient (Wildman–Crippen LogP) is 1.49. The summed E-state index contributed by atoms with van der Waals surface area (Å²) >= 11 is 0. The number of likely N-dealkylation sites (N-methyl/N-ethyl adjacent to an activating group) is 1. The summed E-state index contributed by atoms with van der Waals surface area (Å²) in [6, 6.07) is 4.23. The Morgan fingerprint density at radius 1 is 1.42 bits per heavy atom. The molecule has 1 aromatic carbocycles. The zero-order chi connectivity index (χ0) is 14.6. The van der Waals surface area contributed by atoms with Crippen molar-refractivity contribution in [1.29, 1.82) is 0 Å². The van der Waals surface area contributed by atoms with E-state index in [0.717, 1.165) is 16.9 Å². The average molecular weight is 266 g/mol. The van der Waals surface area contributed by atoms with Crippen LogP contribution in [0.4, 0.5) is 0 Å². The van der Waals surface area contributed by atoms with Crippen LogP contribution in [0, 0.1) is 0 Å². The Labute approximate surface area is 113 Å². The molecule has 5 heteroatoms. The van der Waals surface area contributed by atoms with E-state index in [4.69, 9.17) is 15.6 Å². The van der Waals surface area contributed by atoms with Gasteiger partial charge < -0.3 is 20.9 Å². The normalized spacial score (nSPS) is 14.2. The highest BCUT2D eigenvalue weighted by atomic mass is 16.5. The van der Waals surface area contributed by atoms with E-state index in [1.807, 2.05) is 18.2 Å². The molecule has 106 valence electrons. The number of ether oxygens (including phenoxy) is 1. The largest absolute Gasteiger partial charge is 0.496 e. The van der Waals surface area contributed by atoms with Gasteiger partial charge in [0.25, 0.3) is 0 Å². The second-order valence-electron chi connectivity index (χ2n) is 4.79. The monoisotopic (exact) mass is 266 g/mol. The number of carbonyl (C=O) groups is 1. The van der Waals surface area contributed by atoms with Crippen LogP contribution in [0.25, 0.3) is 0 Å². The van der Waals surface area contributed by atoms with Crippen molar-refractivity contribution in [3.63, 3.8) is 0 Å². The fraction of sp³-hybridized carbons (Fsp3) is 0.500. The maximum Gasteiger partial charge on any atom is 0.322 e. The minimum atomic E-state index is -1.03. The first-order chi connectivity index (χ1) is 8.92. The van der Waals surface area contributed by atoms with E-state index >= 15 is 0 Å². The van der Waals surface area contributed by atoms with E-state index in [1.54, 1.807) is 14.2 Å². The molecule has 0 amide bonds. The first-order valence-electron chi connectivity index (χ1n) is 6.25. The molecule has 0 saturated heterocycles. The lowest BCUT2D eigenvalue weighted by Crippen LogP contribution is -2.42. The number of aliphatic carboxylic acids is 1. The second kappa shape index (κ2) is 6.54. The lowest BCUT2D eigenvalue weighted by atomic mass is 9.93. The van der Waals surface area contributed by atoms with E-state index in [9.17, 15) is 4.79 Å². The molecule has 19 heavy (non-hydrogen) atoms. The highest BCUT2D eigenvalue weighted by molar-refractivity contribution is 5.74. The van der Waals surface area contributed by atoms with Crippen molar-refractivity contribution < 1.29 is 14.6 Å². The summed E-state index contributed by atoms with van der Waals surface area (Å²) in [5.74, 6) is 0.0622. The van der Waals surface area contributed by atoms with Gasteiger partial charge >= 0.3 is 5.97 Å². The van der Waals surface area contributed by atoms with Crippen LogP contribution < -0.4 is 15.8 Å². The van der Waals surface area contributed by atoms with Crippen LogP contribution in [0.15, 0.2) is 18.2 Å². The van der Waals surface area contributed by atoms with Crippen LogP contribution in [0.3, 0.4) is 0 Å². The fourth-order valence-corrected chi connectivity index (χ4v) is 2.09. The van der Waals surface area contributed by atoms with Crippen molar-refractivity contribution in [3.05, 3.63) is 29.3 Å². The number of benzene rings is 1. The average Bonchev–Trinajstić information content (AvgIpc) is 2.39. The van der Waals surface area contributed by atoms with E-state index in [0.29, 0.717) is 0 Å². The summed E-state index contributed by atoms with van der Waals surface area (Å²) in [6.07, 6.45) is 0. The van der Waals surface area contributed by atoms with Gasteiger partial charge in [-0.1, -0.05) is 26.0 Å². The molecule has 1 aromatic rings. The molecule has 0 saturated carbocycles. The first-order valence-corrected chi connectivity index (χ1v) is 6.25. The van der Waals surface area contributed by atoms with Crippen LogP contribution >= 0.6 is 0 Å². The first kappa shape index (κ1) is 15.5. The van der Waals surface area contributed by atoms with Crippen molar-refractivity contribution in [2.24, 2.45) is 5.73 Å². The van der Waals surface area contributed by atoms with Gasteiger partial charge in [0.1, 0.15) is 11.8 Å². The third kappa shape index (κ3) is 3.45. The second-order valence-corrected chi connectivity index (χ2v) is 4.79. The molecule has 2 atom stereocenters. The van der Waals surface area contributed by atoms with Gasteiger partial charge in [0.15, 0.2) is 0 Å². The Morgan fingerprint density at radius 2 is 2.05 bits per heavy atom. The Morgan fingerprint density at radius 3 is 2.47 bits per heavy atom. The van der Waals surface area contributed by atoms with E-state index in [1.165, 1.54) is 0 Å². The Kier molecular flexibility index (Phi) is 5.32. The van der Waals surface area contributed by atoms with E-state index in [-0.39, 0.29) is 5.92 Å². The highest BCUT2D eigenvalue weighted by Gasteiger charge is 2.25. The summed E-state index contributed by atoms with van der Waals surface area (Å²) in [4.78, 5) is 11.0. The third-order valence-electron chi connectivity index (χ3n) is 3.19. The van der Waals surface area contributed by atoms with Crippen LogP contribution in [-0.2, 0) is 4.79 Å². The minimum Gasteiger partial charge on any atom is -0.496 e. The fourth-order valence-electron chi connectivity index (χ4n) is 2.09. The van der Waals surface area contributed by atoms with Crippen molar-refractivity contribution in [3.8, 4) is 5.75 Å².